The number of carbonyl (C=O) groups is 1. The molecule has 0 amide bonds. The molecule has 0 aliphatic carbocycles. The van der Waals surface area contributed by atoms with Crippen molar-refractivity contribution < 1.29 is 13.0 Å². The lowest BCUT2D eigenvalue weighted by atomic mass is 10.0. The van der Waals surface area contributed by atoms with Gasteiger partial charge in [0.2, 0.25) is 0 Å². The Morgan fingerprint density at radius 2 is 2.00 bits per heavy atom. The first-order chi connectivity index (χ1) is 10.2. The maximum absolute atomic E-state index is 12.4. The van der Waals surface area contributed by atoms with Crippen LogP contribution in [-0.2, 0) is 0 Å². The van der Waals surface area contributed by atoms with Gasteiger partial charge in [0.25, 0.3) is 0 Å². The van der Waals surface area contributed by atoms with Crippen molar-refractivity contribution in [2.45, 2.75) is 39.1 Å². The summed E-state index contributed by atoms with van der Waals surface area (Å²) in [5, 5.41) is 2.91. The van der Waals surface area contributed by atoms with Crippen LogP contribution in [0.25, 0.3) is 0 Å². The minimum atomic E-state index is -2.83. The van der Waals surface area contributed by atoms with Crippen LogP contribution < -0.4 is 5.32 Å². The summed E-state index contributed by atoms with van der Waals surface area (Å²) in [4.78, 5) is 12.4. The number of hydrogen-bond acceptors (Lipinski definition) is 2. The van der Waals surface area contributed by atoms with Crippen molar-refractivity contribution in [2.24, 2.45) is 0 Å². The quantitative estimate of drug-likeness (QED) is 0.839. The molecular formula is C13H18Cl3NO. The zero-order valence-corrected chi connectivity index (χ0v) is 12.2. The van der Waals surface area contributed by atoms with Gasteiger partial charge in [-0.15, -0.1) is 12.4 Å². The molecule has 1 N–H and O–H groups in total. The van der Waals surface area contributed by atoms with Crippen molar-refractivity contribution in [3.05, 3.63) is 33.8 Å². The SMILES string of the molecule is Cl.[2H]C([2H])([2H])C(C)(NC(C)C(=O)c1ccc(Cl)c(Cl)c1)C([2H])([2H])[2H]. The molecule has 0 aliphatic heterocycles. The van der Waals surface area contributed by atoms with Gasteiger partial charge in [-0.1, -0.05) is 23.2 Å². The molecule has 1 aromatic rings. The normalized spacial score (nSPS) is 19.1. The van der Waals surface area contributed by atoms with E-state index in [0.29, 0.717) is 0 Å². The molecule has 0 heterocycles. The first-order valence-corrected chi connectivity index (χ1v) is 5.73. The Hall–Kier alpha value is -0.280. The van der Waals surface area contributed by atoms with Gasteiger partial charge in [-0.3, -0.25) is 4.79 Å². The van der Waals surface area contributed by atoms with Crippen molar-refractivity contribution in [2.75, 3.05) is 0 Å². The number of Topliss-reactive ketones (excluding diaryl/α,β-unsaturated/α-hetero) is 1. The van der Waals surface area contributed by atoms with Crippen molar-refractivity contribution in [3.8, 4) is 0 Å². The van der Waals surface area contributed by atoms with Gasteiger partial charge in [0, 0.05) is 19.3 Å². The molecule has 2 nitrogen and oxygen atoms in total. The van der Waals surface area contributed by atoms with E-state index >= 15 is 0 Å². The van der Waals surface area contributed by atoms with E-state index in [9.17, 15) is 4.79 Å². The van der Waals surface area contributed by atoms with Crippen molar-refractivity contribution in [3.63, 3.8) is 0 Å². The van der Waals surface area contributed by atoms with Crippen molar-refractivity contribution >= 4 is 41.4 Å². The van der Waals surface area contributed by atoms with Gasteiger partial charge in [-0.25, -0.2) is 0 Å². The fourth-order valence-corrected chi connectivity index (χ4v) is 1.70. The Balaban J connectivity index is 0.00000529. The molecular weight excluding hydrogens is 293 g/mol. The third-order valence-electron chi connectivity index (χ3n) is 2.10. The van der Waals surface area contributed by atoms with Crippen LogP contribution in [0.3, 0.4) is 0 Å². The summed E-state index contributed by atoms with van der Waals surface area (Å²) in [6, 6.07) is 3.19. The van der Waals surface area contributed by atoms with Crippen molar-refractivity contribution in [1.29, 1.82) is 0 Å². The van der Waals surface area contributed by atoms with Crippen molar-refractivity contribution in [1.82, 2.24) is 5.32 Å². The highest BCUT2D eigenvalue weighted by Crippen LogP contribution is 2.23. The maximum atomic E-state index is 12.4. The Morgan fingerprint density at radius 3 is 2.50 bits per heavy atom. The Labute approximate surface area is 133 Å². The standard InChI is InChI=1S/C13H17Cl2NO.ClH/c1-8(16-13(2,3)4)12(17)9-5-6-10(14)11(15)7-9;/h5-8,16H,1-4H3;1H/i2D3,3D3;. The Kier molecular flexibility index (Phi) is 3.60. The smallest absolute Gasteiger partial charge is 0.179 e. The molecule has 0 saturated carbocycles. The number of rotatable bonds is 3. The topological polar surface area (TPSA) is 29.1 Å². The molecule has 0 spiro atoms. The zero-order valence-electron chi connectivity index (χ0n) is 15.9. The summed E-state index contributed by atoms with van der Waals surface area (Å²) in [6.07, 6.45) is 0. The molecule has 1 unspecified atom stereocenters. The van der Waals surface area contributed by atoms with Gasteiger partial charge in [0.15, 0.2) is 5.78 Å². The first-order valence-electron chi connectivity index (χ1n) is 7.97. The third-order valence-corrected chi connectivity index (χ3v) is 2.84. The number of nitrogens with one attached hydrogen (secondary N) is 1. The van der Waals surface area contributed by atoms with E-state index in [4.69, 9.17) is 31.4 Å². The van der Waals surface area contributed by atoms with Gasteiger partial charge in [-0.05, 0) is 45.8 Å². The van der Waals surface area contributed by atoms with Gasteiger partial charge in [0.05, 0.1) is 16.1 Å². The van der Waals surface area contributed by atoms with E-state index in [0.717, 1.165) is 6.92 Å². The van der Waals surface area contributed by atoms with E-state index in [1.165, 1.54) is 25.1 Å². The van der Waals surface area contributed by atoms with Crippen LogP contribution in [0.5, 0.6) is 0 Å². The molecule has 0 radical (unpaired) electrons. The summed E-state index contributed by atoms with van der Waals surface area (Å²) in [5.74, 6) is -0.483. The second kappa shape index (κ2) is 6.76. The first kappa shape index (κ1) is 9.60. The van der Waals surface area contributed by atoms with Gasteiger partial charge in [-0.2, -0.15) is 0 Å². The molecule has 0 saturated heterocycles. The average Bonchev–Trinajstić information content (AvgIpc) is 2.38. The second-order valence-corrected chi connectivity index (χ2v) is 4.80. The third kappa shape index (κ3) is 5.15. The fraction of sp³-hybridized carbons (Fsp3) is 0.462. The predicted octanol–water partition coefficient (Wildman–Crippen LogP) is 4.37. The van der Waals surface area contributed by atoms with Crippen LogP contribution in [0.1, 0.15) is 46.1 Å². The fourth-order valence-electron chi connectivity index (χ4n) is 1.40. The molecule has 1 rings (SSSR count). The molecule has 102 valence electrons. The summed E-state index contributed by atoms with van der Waals surface area (Å²) in [7, 11) is 0. The Bertz CT molecular complexity index is 588. The molecule has 0 aliphatic rings. The summed E-state index contributed by atoms with van der Waals surface area (Å²) < 4.78 is 45.0. The number of hydrogen-bond donors (Lipinski definition) is 1. The lowest BCUT2D eigenvalue weighted by molar-refractivity contribution is 0.0936. The number of halogens is 3. The Morgan fingerprint density at radius 1 is 1.39 bits per heavy atom. The van der Waals surface area contributed by atoms with Crippen LogP contribution in [-0.4, -0.2) is 17.4 Å². The monoisotopic (exact) mass is 315 g/mol. The highest BCUT2D eigenvalue weighted by atomic mass is 35.5. The van der Waals surface area contributed by atoms with Crippen LogP contribution in [0, 0.1) is 0 Å². The lowest BCUT2D eigenvalue weighted by Crippen LogP contribution is -2.46. The highest BCUT2D eigenvalue weighted by Gasteiger charge is 2.20. The molecule has 0 bridgehead atoms. The largest absolute Gasteiger partial charge is 0.303 e. The van der Waals surface area contributed by atoms with E-state index in [2.05, 4.69) is 5.32 Å². The van der Waals surface area contributed by atoms with Crippen LogP contribution >= 0.6 is 35.6 Å². The van der Waals surface area contributed by atoms with Crippen LogP contribution in [0.4, 0.5) is 0 Å². The maximum Gasteiger partial charge on any atom is 0.179 e. The van der Waals surface area contributed by atoms with E-state index in [1.807, 2.05) is 0 Å². The molecule has 0 aromatic heterocycles. The highest BCUT2D eigenvalue weighted by molar-refractivity contribution is 6.42. The van der Waals surface area contributed by atoms with Gasteiger partial charge >= 0.3 is 0 Å². The summed E-state index contributed by atoms with van der Waals surface area (Å²) in [5.41, 5.74) is -2.02. The average molecular weight is 317 g/mol. The minimum absolute atomic E-state index is 0. The lowest BCUT2D eigenvalue weighted by Gasteiger charge is -2.25. The van der Waals surface area contributed by atoms with E-state index < -0.39 is 31.1 Å². The van der Waals surface area contributed by atoms with Crippen LogP contribution in [0.2, 0.25) is 10.0 Å². The number of ketones is 1. The van der Waals surface area contributed by atoms with Gasteiger partial charge in [0.1, 0.15) is 0 Å². The predicted molar refractivity (Wildman–Crippen MR) is 80.4 cm³/mol. The van der Waals surface area contributed by atoms with E-state index in [1.54, 1.807) is 0 Å². The molecule has 1 aromatic carbocycles. The molecule has 0 fully saturated rings. The number of benzene rings is 1. The van der Waals surface area contributed by atoms with Crippen LogP contribution in [0.15, 0.2) is 18.2 Å². The van der Waals surface area contributed by atoms with E-state index in [-0.39, 0.29) is 28.0 Å². The summed E-state index contributed by atoms with van der Waals surface area (Å²) in [6.45, 7) is -3.19. The molecule has 1 atom stereocenters. The minimum Gasteiger partial charge on any atom is -0.303 e. The summed E-state index contributed by atoms with van der Waals surface area (Å²) >= 11 is 11.6. The molecule has 18 heavy (non-hydrogen) atoms. The number of carbonyl (C=O) groups excluding carboxylic acids is 1. The molecule has 5 heteroatoms. The second-order valence-electron chi connectivity index (χ2n) is 3.98. The zero-order chi connectivity index (χ0) is 18.2. The van der Waals surface area contributed by atoms with Gasteiger partial charge < -0.3 is 5.32 Å².